The SMILES string of the molecule is CN=C(NCCCn1nc(C)cc1C)NCc1ccccc1OCC1CC1.I. The summed E-state index contributed by atoms with van der Waals surface area (Å²) in [6.07, 6.45) is 3.59. The van der Waals surface area contributed by atoms with Gasteiger partial charge < -0.3 is 15.4 Å². The largest absolute Gasteiger partial charge is 0.493 e. The van der Waals surface area contributed by atoms with Crippen LogP contribution in [0.1, 0.15) is 36.2 Å². The molecule has 0 amide bonds. The van der Waals surface area contributed by atoms with E-state index in [1.165, 1.54) is 18.5 Å². The second-order valence-corrected chi connectivity index (χ2v) is 7.22. The van der Waals surface area contributed by atoms with Crippen LogP contribution in [0.2, 0.25) is 0 Å². The number of hydrogen-bond acceptors (Lipinski definition) is 3. The molecule has 0 saturated heterocycles. The fourth-order valence-corrected chi connectivity index (χ4v) is 3.02. The van der Waals surface area contributed by atoms with E-state index in [9.17, 15) is 0 Å². The number of aliphatic imine (C=N–C) groups is 1. The summed E-state index contributed by atoms with van der Waals surface area (Å²) in [5, 5.41) is 11.2. The van der Waals surface area contributed by atoms with Crippen LogP contribution in [0.25, 0.3) is 0 Å². The Bertz CT molecular complexity index is 770. The first-order chi connectivity index (χ1) is 13.2. The molecule has 0 spiro atoms. The van der Waals surface area contributed by atoms with Crippen LogP contribution < -0.4 is 15.4 Å². The molecule has 1 saturated carbocycles. The van der Waals surface area contributed by atoms with E-state index in [1.54, 1.807) is 7.05 Å². The summed E-state index contributed by atoms with van der Waals surface area (Å²) >= 11 is 0. The maximum absolute atomic E-state index is 5.98. The molecule has 0 aliphatic heterocycles. The molecule has 0 atom stereocenters. The number of aryl methyl sites for hydroxylation is 3. The number of guanidine groups is 1. The van der Waals surface area contributed by atoms with Crippen molar-refractivity contribution in [3.63, 3.8) is 0 Å². The Morgan fingerprint density at radius 3 is 2.71 bits per heavy atom. The van der Waals surface area contributed by atoms with Crippen molar-refractivity contribution in [2.45, 2.75) is 46.2 Å². The van der Waals surface area contributed by atoms with Crippen molar-refractivity contribution in [1.82, 2.24) is 20.4 Å². The Balaban J connectivity index is 0.00000280. The minimum atomic E-state index is 0. The fraction of sp³-hybridized carbons (Fsp3) is 0.524. The quantitative estimate of drug-likeness (QED) is 0.240. The molecule has 1 fully saturated rings. The van der Waals surface area contributed by atoms with E-state index in [0.717, 1.165) is 55.0 Å². The highest BCUT2D eigenvalue weighted by Gasteiger charge is 2.22. The number of aromatic nitrogens is 2. The summed E-state index contributed by atoms with van der Waals surface area (Å²) in [7, 11) is 1.80. The molecule has 1 aromatic carbocycles. The van der Waals surface area contributed by atoms with Crippen molar-refractivity contribution in [3.05, 3.63) is 47.3 Å². The van der Waals surface area contributed by atoms with E-state index in [4.69, 9.17) is 4.74 Å². The summed E-state index contributed by atoms with van der Waals surface area (Å²) in [6.45, 7) is 7.39. The van der Waals surface area contributed by atoms with Gasteiger partial charge in [-0.05, 0) is 51.2 Å². The summed E-state index contributed by atoms with van der Waals surface area (Å²) in [5.74, 6) is 2.53. The Morgan fingerprint density at radius 1 is 1.25 bits per heavy atom. The highest BCUT2D eigenvalue weighted by atomic mass is 127. The highest BCUT2D eigenvalue weighted by molar-refractivity contribution is 14.0. The van der Waals surface area contributed by atoms with Crippen LogP contribution in [-0.2, 0) is 13.1 Å². The van der Waals surface area contributed by atoms with Crippen molar-refractivity contribution < 1.29 is 4.74 Å². The van der Waals surface area contributed by atoms with Gasteiger partial charge in [-0.15, -0.1) is 24.0 Å². The summed E-state index contributed by atoms with van der Waals surface area (Å²) in [4.78, 5) is 4.31. The lowest BCUT2D eigenvalue weighted by Gasteiger charge is -2.15. The van der Waals surface area contributed by atoms with Gasteiger partial charge in [0.1, 0.15) is 5.75 Å². The molecular formula is C21H32IN5O. The predicted octanol–water partition coefficient (Wildman–Crippen LogP) is 3.66. The number of nitrogens with one attached hydrogen (secondary N) is 2. The van der Waals surface area contributed by atoms with Crippen LogP contribution in [-0.4, -0.2) is 35.9 Å². The van der Waals surface area contributed by atoms with E-state index in [2.05, 4.69) is 44.5 Å². The molecule has 3 rings (SSSR count). The zero-order valence-electron chi connectivity index (χ0n) is 17.1. The molecule has 28 heavy (non-hydrogen) atoms. The molecule has 0 bridgehead atoms. The van der Waals surface area contributed by atoms with E-state index in [-0.39, 0.29) is 24.0 Å². The first-order valence-corrected chi connectivity index (χ1v) is 9.82. The number of hydrogen-bond donors (Lipinski definition) is 2. The fourth-order valence-electron chi connectivity index (χ4n) is 3.02. The zero-order valence-corrected chi connectivity index (χ0v) is 19.4. The van der Waals surface area contributed by atoms with Crippen molar-refractivity contribution in [2.75, 3.05) is 20.2 Å². The van der Waals surface area contributed by atoms with Crippen molar-refractivity contribution in [3.8, 4) is 5.75 Å². The molecule has 2 N–H and O–H groups in total. The second kappa shape index (κ2) is 11.3. The molecule has 1 heterocycles. The van der Waals surface area contributed by atoms with Crippen LogP contribution in [0.5, 0.6) is 5.75 Å². The van der Waals surface area contributed by atoms with E-state index in [1.807, 2.05) is 25.1 Å². The van der Waals surface area contributed by atoms with Gasteiger partial charge in [-0.1, -0.05) is 18.2 Å². The third-order valence-electron chi connectivity index (χ3n) is 4.76. The molecule has 154 valence electrons. The van der Waals surface area contributed by atoms with Crippen molar-refractivity contribution >= 4 is 29.9 Å². The molecule has 6 nitrogen and oxygen atoms in total. The molecule has 1 aliphatic rings. The Kier molecular flexibility index (Phi) is 9.08. The van der Waals surface area contributed by atoms with Crippen LogP contribution in [0, 0.1) is 19.8 Å². The maximum atomic E-state index is 5.98. The van der Waals surface area contributed by atoms with Crippen LogP contribution in [0.3, 0.4) is 0 Å². The van der Waals surface area contributed by atoms with Crippen LogP contribution in [0.15, 0.2) is 35.3 Å². The minimum absolute atomic E-state index is 0. The van der Waals surface area contributed by atoms with Gasteiger partial charge in [0, 0.05) is 37.9 Å². The lowest BCUT2D eigenvalue weighted by atomic mass is 10.2. The van der Waals surface area contributed by atoms with Crippen molar-refractivity contribution in [1.29, 1.82) is 0 Å². The first kappa shape index (κ1) is 22.5. The molecule has 0 unspecified atom stereocenters. The first-order valence-electron chi connectivity index (χ1n) is 9.82. The number of halogens is 1. The average molecular weight is 497 g/mol. The third-order valence-corrected chi connectivity index (χ3v) is 4.76. The lowest BCUT2D eigenvalue weighted by molar-refractivity contribution is 0.296. The van der Waals surface area contributed by atoms with Gasteiger partial charge in [-0.25, -0.2) is 0 Å². The van der Waals surface area contributed by atoms with Gasteiger partial charge in [0.05, 0.1) is 12.3 Å². The minimum Gasteiger partial charge on any atom is -0.493 e. The maximum Gasteiger partial charge on any atom is 0.191 e. The zero-order chi connectivity index (χ0) is 19.1. The molecule has 0 radical (unpaired) electrons. The predicted molar refractivity (Wildman–Crippen MR) is 125 cm³/mol. The van der Waals surface area contributed by atoms with E-state index < -0.39 is 0 Å². The second-order valence-electron chi connectivity index (χ2n) is 7.22. The topological polar surface area (TPSA) is 63.5 Å². The lowest BCUT2D eigenvalue weighted by Crippen LogP contribution is -2.37. The van der Waals surface area contributed by atoms with Gasteiger partial charge in [-0.3, -0.25) is 9.67 Å². The summed E-state index contributed by atoms with van der Waals surface area (Å²) in [5.41, 5.74) is 3.43. The molecule has 1 aliphatic carbocycles. The Hall–Kier alpha value is -1.77. The van der Waals surface area contributed by atoms with Crippen LogP contribution in [0.4, 0.5) is 0 Å². The Labute approximate surface area is 185 Å². The summed E-state index contributed by atoms with van der Waals surface area (Å²) < 4.78 is 8.03. The highest BCUT2D eigenvalue weighted by Crippen LogP contribution is 2.30. The van der Waals surface area contributed by atoms with Gasteiger partial charge in [0.25, 0.3) is 0 Å². The number of ether oxygens (including phenoxy) is 1. The Morgan fingerprint density at radius 2 is 2.04 bits per heavy atom. The standard InChI is InChI=1S/C21H31N5O.HI/c1-16-13-17(2)26(25-16)12-6-11-23-21(22-3)24-14-19-7-4-5-8-20(19)27-15-18-9-10-18;/h4-5,7-8,13,18H,6,9-12,14-15H2,1-3H3,(H2,22,23,24);1H. The average Bonchev–Trinajstić information content (AvgIpc) is 3.44. The van der Waals surface area contributed by atoms with Gasteiger partial charge in [0.2, 0.25) is 0 Å². The monoisotopic (exact) mass is 497 g/mol. The number of benzene rings is 1. The number of rotatable bonds is 9. The number of para-hydroxylation sites is 1. The summed E-state index contributed by atoms with van der Waals surface area (Å²) in [6, 6.07) is 10.3. The normalized spacial score (nSPS) is 13.8. The van der Waals surface area contributed by atoms with Gasteiger partial charge in [-0.2, -0.15) is 5.10 Å². The van der Waals surface area contributed by atoms with E-state index in [0.29, 0.717) is 6.54 Å². The third kappa shape index (κ3) is 7.00. The van der Waals surface area contributed by atoms with Gasteiger partial charge >= 0.3 is 0 Å². The van der Waals surface area contributed by atoms with E-state index >= 15 is 0 Å². The molecule has 2 aromatic rings. The van der Waals surface area contributed by atoms with Crippen LogP contribution >= 0.6 is 24.0 Å². The van der Waals surface area contributed by atoms with Crippen molar-refractivity contribution in [2.24, 2.45) is 10.9 Å². The van der Waals surface area contributed by atoms with Gasteiger partial charge in [0.15, 0.2) is 5.96 Å². The smallest absolute Gasteiger partial charge is 0.191 e. The molecule has 1 aromatic heterocycles. The molecular weight excluding hydrogens is 465 g/mol. The number of nitrogens with zero attached hydrogens (tertiary/aromatic N) is 3. The molecule has 7 heteroatoms.